The van der Waals surface area contributed by atoms with Crippen molar-refractivity contribution in [1.82, 2.24) is 0 Å². The van der Waals surface area contributed by atoms with Crippen LogP contribution in [0.25, 0.3) is 0 Å². The summed E-state index contributed by atoms with van der Waals surface area (Å²) in [4.78, 5) is 0. The topological polar surface area (TPSA) is 74.5 Å². The molecule has 8 fully saturated rings. The van der Waals surface area contributed by atoms with Crippen molar-refractivity contribution in [3.8, 4) is 23.0 Å². The summed E-state index contributed by atoms with van der Waals surface area (Å²) < 4.78 is 41.9. The highest BCUT2D eigenvalue weighted by Crippen LogP contribution is 2.82. The van der Waals surface area contributed by atoms with Crippen LogP contribution < -0.4 is 18.9 Å². The number of hydrogen-bond acceptors (Lipinski definition) is 7. The average Bonchev–Trinajstić information content (AvgIpc) is 3.84. The Morgan fingerprint density at radius 1 is 0.705 bits per heavy atom. The van der Waals surface area contributed by atoms with Crippen LogP contribution >= 0.6 is 0 Å². The molecule has 2 aromatic carbocycles. The molecule has 5 aliphatic carbocycles. The van der Waals surface area contributed by atoms with Crippen molar-refractivity contribution in [3.63, 3.8) is 0 Å². The van der Waals surface area contributed by atoms with E-state index in [1.165, 1.54) is 43.2 Å². The number of rotatable bonds is 15. The van der Waals surface area contributed by atoms with Gasteiger partial charge in [-0.2, -0.15) is 0 Å². The normalized spacial score (nSPS) is 38.9. The van der Waals surface area contributed by atoms with E-state index in [0.29, 0.717) is 31.2 Å². The van der Waals surface area contributed by atoms with Crippen molar-refractivity contribution in [1.29, 1.82) is 0 Å². The SMILES string of the molecule is CCC(C)COc1cc(OCC2CO2)ccc1C12CC3CC4(CC(c5ccc(OCC6CO6)cc5OCC5CO5)(C1)C4)C3C2. The van der Waals surface area contributed by atoms with Crippen LogP contribution in [0, 0.1) is 23.2 Å². The lowest BCUT2D eigenvalue weighted by Crippen LogP contribution is -2.61. The lowest BCUT2D eigenvalue weighted by Gasteiger charge is -2.68. The second-order valence-corrected chi connectivity index (χ2v) is 15.4. The summed E-state index contributed by atoms with van der Waals surface area (Å²) in [5.74, 6) is 5.90. The lowest BCUT2D eigenvalue weighted by molar-refractivity contribution is -0.141. The Bertz CT molecular complexity index is 1400. The highest BCUT2D eigenvalue weighted by molar-refractivity contribution is 5.53. The molecule has 7 nitrogen and oxygen atoms in total. The van der Waals surface area contributed by atoms with Crippen molar-refractivity contribution in [2.75, 3.05) is 46.2 Å². The lowest BCUT2D eigenvalue weighted by atomic mass is 9.36. The molecule has 0 aromatic heterocycles. The van der Waals surface area contributed by atoms with Crippen LogP contribution in [0.5, 0.6) is 23.0 Å². The number of epoxide rings is 3. The van der Waals surface area contributed by atoms with Gasteiger partial charge in [0.25, 0.3) is 0 Å². The molecule has 3 heterocycles. The molecule has 3 aliphatic heterocycles. The van der Waals surface area contributed by atoms with Gasteiger partial charge in [-0.15, -0.1) is 0 Å². The van der Waals surface area contributed by atoms with Gasteiger partial charge in [0.2, 0.25) is 0 Å². The van der Waals surface area contributed by atoms with Gasteiger partial charge < -0.3 is 33.2 Å². The monoisotopic (exact) mass is 602 g/mol. The minimum absolute atomic E-state index is 0.0857. The Kier molecular flexibility index (Phi) is 6.49. The van der Waals surface area contributed by atoms with Gasteiger partial charge in [0.05, 0.1) is 26.4 Å². The zero-order valence-corrected chi connectivity index (χ0v) is 26.2. The maximum absolute atomic E-state index is 6.71. The van der Waals surface area contributed by atoms with E-state index in [1.54, 1.807) is 0 Å². The Hall–Kier alpha value is -2.48. The second kappa shape index (κ2) is 10.3. The first-order valence-electron chi connectivity index (χ1n) is 17.1. The van der Waals surface area contributed by atoms with E-state index in [-0.39, 0.29) is 29.1 Å². The first kappa shape index (κ1) is 27.8. The molecule has 1 spiro atoms. The quantitative estimate of drug-likeness (QED) is 0.224. The van der Waals surface area contributed by atoms with Gasteiger partial charge >= 0.3 is 0 Å². The maximum atomic E-state index is 6.71. The van der Waals surface area contributed by atoms with Crippen LogP contribution in [0.3, 0.4) is 0 Å². The molecule has 3 saturated heterocycles. The Balaban J connectivity index is 1.06. The summed E-state index contributed by atoms with van der Waals surface area (Å²) in [6.45, 7) is 9.42. The molecule has 0 amide bonds. The zero-order chi connectivity index (χ0) is 29.5. The molecule has 7 unspecified atom stereocenters. The zero-order valence-electron chi connectivity index (χ0n) is 26.2. The minimum Gasteiger partial charge on any atom is -0.493 e. The molecule has 10 rings (SSSR count). The van der Waals surface area contributed by atoms with Crippen molar-refractivity contribution in [3.05, 3.63) is 47.5 Å². The highest BCUT2D eigenvalue weighted by Gasteiger charge is 2.74. The molecule has 0 radical (unpaired) electrons. The maximum Gasteiger partial charge on any atom is 0.126 e. The van der Waals surface area contributed by atoms with E-state index in [0.717, 1.165) is 74.1 Å². The predicted octanol–water partition coefficient (Wildman–Crippen LogP) is 6.23. The molecule has 5 saturated carbocycles. The van der Waals surface area contributed by atoms with E-state index in [4.69, 9.17) is 33.2 Å². The molecule has 2 aromatic rings. The van der Waals surface area contributed by atoms with Gasteiger partial charge in [-0.1, -0.05) is 32.4 Å². The van der Waals surface area contributed by atoms with Crippen LogP contribution in [0.4, 0.5) is 0 Å². The van der Waals surface area contributed by atoms with E-state index in [9.17, 15) is 0 Å². The number of benzene rings is 2. The van der Waals surface area contributed by atoms with Gasteiger partial charge in [-0.3, -0.25) is 0 Å². The molecule has 7 atom stereocenters. The van der Waals surface area contributed by atoms with Crippen LogP contribution in [0.1, 0.15) is 69.9 Å². The molecular weight excluding hydrogens is 556 g/mol. The van der Waals surface area contributed by atoms with Crippen LogP contribution in [-0.4, -0.2) is 64.6 Å². The molecule has 8 aliphatic rings. The predicted molar refractivity (Wildman–Crippen MR) is 164 cm³/mol. The summed E-state index contributed by atoms with van der Waals surface area (Å²) >= 11 is 0. The van der Waals surface area contributed by atoms with Crippen LogP contribution in [-0.2, 0) is 25.0 Å². The Morgan fingerprint density at radius 3 is 1.86 bits per heavy atom. The third-order valence-corrected chi connectivity index (χ3v) is 12.1. The fourth-order valence-electron chi connectivity index (χ4n) is 9.68. The second-order valence-electron chi connectivity index (χ2n) is 15.4. The molecule has 44 heavy (non-hydrogen) atoms. The smallest absolute Gasteiger partial charge is 0.126 e. The third kappa shape index (κ3) is 4.89. The minimum atomic E-state index is 0.0857. The van der Waals surface area contributed by atoms with Crippen molar-refractivity contribution < 1.29 is 33.2 Å². The van der Waals surface area contributed by atoms with E-state index >= 15 is 0 Å². The van der Waals surface area contributed by atoms with Gasteiger partial charge in [-0.05, 0) is 73.8 Å². The first-order valence-corrected chi connectivity index (χ1v) is 17.1. The summed E-state index contributed by atoms with van der Waals surface area (Å²) in [7, 11) is 0. The molecule has 0 N–H and O–H groups in total. The average molecular weight is 603 g/mol. The van der Waals surface area contributed by atoms with Crippen molar-refractivity contribution >= 4 is 0 Å². The van der Waals surface area contributed by atoms with Gasteiger partial charge in [0.15, 0.2) is 0 Å². The van der Waals surface area contributed by atoms with Gasteiger partial charge in [-0.25, -0.2) is 0 Å². The molecule has 7 heteroatoms. The Morgan fingerprint density at radius 2 is 1.27 bits per heavy atom. The summed E-state index contributed by atoms with van der Waals surface area (Å²) in [5.41, 5.74) is 3.42. The largest absolute Gasteiger partial charge is 0.493 e. The van der Waals surface area contributed by atoms with E-state index < -0.39 is 0 Å². The summed E-state index contributed by atoms with van der Waals surface area (Å²) in [6.07, 6.45) is 9.33. The van der Waals surface area contributed by atoms with Crippen molar-refractivity contribution in [2.24, 2.45) is 23.2 Å². The first-order chi connectivity index (χ1) is 21.4. The number of ether oxygens (including phenoxy) is 7. The molecule has 4 bridgehead atoms. The Labute approximate surface area is 260 Å². The van der Waals surface area contributed by atoms with E-state index in [2.05, 4.69) is 50.2 Å². The van der Waals surface area contributed by atoms with Gasteiger partial charge in [0, 0.05) is 34.1 Å². The number of hydrogen-bond donors (Lipinski definition) is 0. The molecule has 236 valence electrons. The van der Waals surface area contributed by atoms with Gasteiger partial charge in [0.1, 0.15) is 61.1 Å². The standard InChI is InChI=1S/C37H46O7/c1-3-23(2)13-43-33-8-25(38-14-27-16-40-27)4-6-30(33)35-10-24-11-36(32(24)12-35)21-37(20-35,22-36)31-7-5-26(39-15-28-17-41-28)9-34(31)44-19-29-18-42-29/h4-9,23-24,27-29,32H,3,10-22H2,1-2H3. The highest BCUT2D eigenvalue weighted by atomic mass is 16.6. The fourth-order valence-corrected chi connectivity index (χ4v) is 9.68. The summed E-state index contributed by atoms with van der Waals surface area (Å²) in [6, 6.07) is 13.3. The van der Waals surface area contributed by atoms with Crippen LogP contribution in [0.15, 0.2) is 36.4 Å². The van der Waals surface area contributed by atoms with E-state index in [1.807, 2.05) is 0 Å². The molecular formula is C37H46O7. The summed E-state index contributed by atoms with van der Waals surface area (Å²) in [5, 5.41) is 0. The van der Waals surface area contributed by atoms with Crippen LogP contribution in [0.2, 0.25) is 0 Å². The fraction of sp³-hybridized carbons (Fsp3) is 0.676. The van der Waals surface area contributed by atoms with Crippen molar-refractivity contribution in [2.45, 2.75) is 87.9 Å². The third-order valence-electron chi connectivity index (χ3n) is 12.1.